The average Bonchev–Trinajstić information content (AvgIpc) is 2.49. The highest BCUT2D eigenvalue weighted by molar-refractivity contribution is 5.34. The van der Waals surface area contributed by atoms with E-state index in [1.54, 1.807) is 14.2 Å². The minimum atomic E-state index is 0.117. The molecule has 21 heavy (non-hydrogen) atoms. The summed E-state index contributed by atoms with van der Waals surface area (Å²) >= 11 is 0. The lowest BCUT2D eigenvalue weighted by atomic mass is 9.64. The summed E-state index contributed by atoms with van der Waals surface area (Å²) in [5.74, 6) is 1.10. The molecule has 2 unspecified atom stereocenters. The van der Waals surface area contributed by atoms with Crippen LogP contribution in [0.25, 0.3) is 0 Å². The highest BCUT2D eigenvalue weighted by atomic mass is 16.5. The third kappa shape index (κ3) is 3.11. The SMILES string of the molecule is CCOC1CC(NCc2c(OC)ncnc2OC)C1(C)C. The Balaban J connectivity index is 2.01. The molecule has 0 bridgehead atoms. The first-order valence-electron chi connectivity index (χ1n) is 7.31. The van der Waals surface area contributed by atoms with Gasteiger partial charge in [-0.1, -0.05) is 13.8 Å². The maximum Gasteiger partial charge on any atom is 0.224 e. The lowest BCUT2D eigenvalue weighted by Gasteiger charge is -2.52. The fourth-order valence-electron chi connectivity index (χ4n) is 2.83. The number of nitrogens with one attached hydrogen (secondary N) is 1. The third-order valence-corrected chi connectivity index (χ3v) is 4.32. The molecule has 2 atom stereocenters. The van der Waals surface area contributed by atoms with E-state index in [9.17, 15) is 0 Å². The van der Waals surface area contributed by atoms with Crippen LogP contribution >= 0.6 is 0 Å². The number of rotatable bonds is 7. The minimum Gasteiger partial charge on any atom is -0.481 e. The lowest BCUT2D eigenvalue weighted by Crippen LogP contribution is -2.60. The number of ether oxygens (including phenoxy) is 3. The van der Waals surface area contributed by atoms with Crippen LogP contribution in [0.15, 0.2) is 6.33 Å². The molecule has 0 aliphatic heterocycles. The van der Waals surface area contributed by atoms with E-state index >= 15 is 0 Å². The summed E-state index contributed by atoms with van der Waals surface area (Å²) in [6, 6.07) is 0.392. The van der Waals surface area contributed by atoms with Crippen LogP contribution < -0.4 is 14.8 Å². The van der Waals surface area contributed by atoms with Gasteiger partial charge in [-0.2, -0.15) is 0 Å². The maximum atomic E-state index is 5.75. The number of nitrogens with zero attached hydrogens (tertiary/aromatic N) is 2. The summed E-state index contributed by atoms with van der Waals surface area (Å²) in [5.41, 5.74) is 0.963. The molecule has 1 N–H and O–H groups in total. The van der Waals surface area contributed by atoms with E-state index in [1.807, 2.05) is 6.92 Å². The molecule has 0 spiro atoms. The molecule has 0 radical (unpaired) electrons. The van der Waals surface area contributed by atoms with E-state index in [-0.39, 0.29) is 5.41 Å². The van der Waals surface area contributed by atoms with Crippen molar-refractivity contribution in [3.05, 3.63) is 11.9 Å². The van der Waals surface area contributed by atoms with Gasteiger partial charge in [-0.25, -0.2) is 9.97 Å². The van der Waals surface area contributed by atoms with E-state index in [0.29, 0.717) is 30.5 Å². The molecule has 1 aliphatic carbocycles. The molecule has 1 aromatic heterocycles. The van der Waals surface area contributed by atoms with Crippen molar-refractivity contribution in [3.63, 3.8) is 0 Å². The molecular formula is C15H25N3O3. The summed E-state index contributed by atoms with van der Waals surface area (Å²) in [6.45, 7) is 7.86. The van der Waals surface area contributed by atoms with Crippen LogP contribution in [0.3, 0.4) is 0 Å². The van der Waals surface area contributed by atoms with Gasteiger partial charge in [0.2, 0.25) is 11.8 Å². The van der Waals surface area contributed by atoms with Crippen LogP contribution in [0.4, 0.5) is 0 Å². The maximum absolute atomic E-state index is 5.75. The van der Waals surface area contributed by atoms with Crippen molar-refractivity contribution < 1.29 is 14.2 Å². The van der Waals surface area contributed by atoms with Crippen molar-refractivity contribution in [2.75, 3.05) is 20.8 Å². The van der Waals surface area contributed by atoms with Gasteiger partial charge in [-0.3, -0.25) is 0 Å². The summed E-state index contributed by atoms with van der Waals surface area (Å²) in [4.78, 5) is 8.26. The van der Waals surface area contributed by atoms with Crippen molar-refractivity contribution in [1.82, 2.24) is 15.3 Å². The van der Waals surface area contributed by atoms with Crippen LogP contribution in [0, 0.1) is 5.41 Å². The minimum absolute atomic E-state index is 0.117. The van der Waals surface area contributed by atoms with Crippen LogP contribution in [-0.4, -0.2) is 42.9 Å². The fraction of sp³-hybridized carbons (Fsp3) is 0.733. The first-order valence-corrected chi connectivity index (χ1v) is 7.31. The Kier molecular flexibility index (Phi) is 5.00. The van der Waals surface area contributed by atoms with Gasteiger partial charge in [0.05, 0.1) is 25.9 Å². The summed E-state index contributed by atoms with van der Waals surface area (Å²) in [7, 11) is 3.20. The molecule has 0 amide bonds. The Morgan fingerprint density at radius 2 is 1.86 bits per heavy atom. The Bertz CT molecular complexity index is 457. The number of methoxy groups -OCH3 is 2. The zero-order chi connectivity index (χ0) is 15.5. The number of aromatic nitrogens is 2. The molecule has 1 aromatic rings. The van der Waals surface area contributed by atoms with Gasteiger partial charge in [0.1, 0.15) is 6.33 Å². The average molecular weight is 295 g/mol. The normalized spacial score (nSPS) is 23.5. The largest absolute Gasteiger partial charge is 0.481 e. The van der Waals surface area contributed by atoms with Gasteiger partial charge >= 0.3 is 0 Å². The molecule has 2 rings (SSSR count). The second kappa shape index (κ2) is 6.58. The van der Waals surface area contributed by atoms with Crippen LogP contribution in [0.2, 0.25) is 0 Å². The molecular weight excluding hydrogens is 270 g/mol. The molecule has 1 fully saturated rings. The van der Waals surface area contributed by atoms with Crippen molar-refractivity contribution in [1.29, 1.82) is 0 Å². The molecule has 1 saturated carbocycles. The topological polar surface area (TPSA) is 65.5 Å². The van der Waals surface area contributed by atoms with Gasteiger partial charge in [0, 0.05) is 24.6 Å². The Hall–Kier alpha value is -1.40. The van der Waals surface area contributed by atoms with E-state index in [1.165, 1.54) is 6.33 Å². The fourth-order valence-corrected chi connectivity index (χ4v) is 2.83. The lowest BCUT2D eigenvalue weighted by molar-refractivity contribution is -0.114. The summed E-state index contributed by atoms with van der Waals surface area (Å²) in [6.07, 6.45) is 2.77. The molecule has 6 heteroatoms. The highest BCUT2D eigenvalue weighted by Gasteiger charge is 2.48. The first kappa shape index (κ1) is 16.0. The second-order valence-electron chi connectivity index (χ2n) is 5.81. The van der Waals surface area contributed by atoms with E-state index < -0.39 is 0 Å². The van der Waals surface area contributed by atoms with E-state index in [2.05, 4.69) is 29.1 Å². The zero-order valence-electron chi connectivity index (χ0n) is 13.5. The Morgan fingerprint density at radius 1 is 1.24 bits per heavy atom. The monoisotopic (exact) mass is 295 g/mol. The van der Waals surface area contributed by atoms with E-state index in [0.717, 1.165) is 18.6 Å². The molecule has 1 heterocycles. The number of hydrogen-bond donors (Lipinski definition) is 1. The summed E-state index contributed by atoms with van der Waals surface area (Å²) < 4.78 is 16.3. The van der Waals surface area contributed by atoms with Crippen LogP contribution in [-0.2, 0) is 11.3 Å². The molecule has 1 aliphatic rings. The predicted octanol–water partition coefficient (Wildman–Crippen LogP) is 1.79. The summed E-state index contributed by atoms with van der Waals surface area (Å²) in [5, 5.41) is 3.54. The molecule has 0 saturated heterocycles. The number of hydrogen-bond acceptors (Lipinski definition) is 6. The van der Waals surface area contributed by atoms with Gasteiger partial charge in [-0.05, 0) is 13.3 Å². The Morgan fingerprint density at radius 3 is 2.33 bits per heavy atom. The second-order valence-corrected chi connectivity index (χ2v) is 5.81. The molecule has 118 valence electrons. The van der Waals surface area contributed by atoms with Crippen molar-refractivity contribution >= 4 is 0 Å². The van der Waals surface area contributed by atoms with Crippen molar-refractivity contribution in [2.45, 2.75) is 45.9 Å². The van der Waals surface area contributed by atoms with Crippen LogP contribution in [0.1, 0.15) is 32.8 Å². The van der Waals surface area contributed by atoms with Gasteiger partial charge in [0.15, 0.2) is 0 Å². The Labute approximate surface area is 126 Å². The quantitative estimate of drug-likeness (QED) is 0.827. The van der Waals surface area contributed by atoms with Crippen LogP contribution in [0.5, 0.6) is 11.8 Å². The third-order valence-electron chi connectivity index (χ3n) is 4.32. The van der Waals surface area contributed by atoms with Gasteiger partial charge < -0.3 is 19.5 Å². The van der Waals surface area contributed by atoms with Crippen molar-refractivity contribution in [2.24, 2.45) is 5.41 Å². The standard InChI is InChI=1S/C15H25N3O3/c1-6-21-12-7-11(15(12,2)3)16-8-10-13(19-4)17-9-18-14(10)20-5/h9,11-12,16H,6-8H2,1-5H3. The molecule has 0 aromatic carbocycles. The van der Waals surface area contributed by atoms with E-state index in [4.69, 9.17) is 14.2 Å². The zero-order valence-corrected chi connectivity index (χ0v) is 13.5. The highest BCUT2D eigenvalue weighted by Crippen LogP contribution is 2.43. The smallest absolute Gasteiger partial charge is 0.224 e. The van der Waals surface area contributed by atoms with Crippen molar-refractivity contribution in [3.8, 4) is 11.8 Å². The molecule has 6 nitrogen and oxygen atoms in total. The predicted molar refractivity (Wildman–Crippen MR) is 79.6 cm³/mol. The van der Waals surface area contributed by atoms with Gasteiger partial charge in [0.25, 0.3) is 0 Å². The first-order chi connectivity index (χ1) is 10.0. The van der Waals surface area contributed by atoms with Gasteiger partial charge in [-0.15, -0.1) is 0 Å².